The van der Waals surface area contributed by atoms with Crippen molar-refractivity contribution in [2.75, 3.05) is 18.0 Å². The SMILES string of the molecule is CCc1nn(C)c(N2CCC(C)(C(=O)O)C2)c1[N+](=O)[O-]. The van der Waals surface area contributed by atoms with Crippen LogP contribution in [-0.4, -0.2) is 38.9 Å². The van der Waals surface area contributed by atoms with E-state index in [4.69, 9.17) is 0 Å². The highest BCUT2D eigenvalue weighted by molar-refractivity contribution is 5.77. The van der Waals surface area contributed by atoms with E-state index >= 15 is 0 Å². The number of carboxylic acid groups (broad SMARTS) is 1. The fourth-order valence-electron chi connectivity index (χ4n) is 2.65. The zero-order valence-electron chi connectivity index (χ0n) is 11.8. The molecular formula is C12H18N4O4. The third-order valence-electron chi connectivity index (χ3n) is 3.87. The molecule has 0 aliphatic carbocycles. The van der Waals surface area contributed by atoms with Gasteiger partial charge < -0.3 is 10.0 Å². The van der Waals surface area contributed by atoms with Gasteiger partial charge in [0.25, 0.3) is 0 Å². The summed E-state index contributed by atoms with van der Waals surface area (Å²) in [5.74, 6) is -0.475. The summed E-state index contributed by atoms with van der Waals surface area (Å²) in [5, 5.41) is 24.7. The molecule has 0 saturated carbocycles. The first-order valence-electron chi connectivity index (χ1n) is 6.48. The van der Waals surface area contributed by atoms with Gasteiger partial charge in [-0.3, -0.25) is 14.9 Å². The van der Waals surface area contributed by atoms with Crippen molar-refractivity contribution < 1.29 is 14.8 Å². The molecule has 2 rings (SSSR count). The number of aliphatic carboxylic acids is 1. The van der Waals surface area contributed by atoms with Gasteiger partial charge in [0, 0.05) is 20.1 Å². The van der Waals surface area contributed by atoms with E-state index in [1.54, 1.807) is 18.9 Å². The van der Waals surface area contributed by atoms with Crippen LogP contribution in [0.15, 0.2) is 0 Å². The lowest BCUT2D eigenvalue weighted by molar-refractivity contribution is -0.384. The molecule has 0 spiro atoms. The number of carboxylic acids is 1. The van der Waals surface area contributed by atoms with Crippen molar-refractivity contribution in [1.29, 1.82) is 0 Å². The highest BCUT2D eigenvalue weighted by Crippen LogP contribution is 2.38. The molecule has 110 valence electrons. The first-order chi connectivity index (χ1) is 9.30. The van der Waals surface area contributed by atoms with Crippen LogP contribution >= 0.6 is 0 Å². The Bertz CT molecular complexity index is 568. The van der Waals surface area contributed by atoms with Gasteiger partial charge in [-0.05, 0) is 19.8 Å². The molecule has 1 aliphatic heterocycles. The molecule has 1 saturated heterocycles. The summed E-state index contributed by atoms with van der Waals surface area (Å²) in [4.78, 5) is 23.9. The fourth-order valence-corrected chi connectivity index (χ4v) is 2.65. The molecule has 8 heteroatoms. The second kappa shape index (κ2) is 4.77. The van der Waals surface area contributed by atoms with Crippen molar-refractivity contribution >= 4 is 17.5 Å². The van der Waals surface area contributed by atoms with Crippen LogP contribution in [0, 0.1) is 15.5 Å². The molecule has 20 heavy (non-hydrogen) atoms. The number of aromatic nitrogens is 2. The maximum atomic E-state index is 11.3. The maximum Gasteiger partial charge on any atom is 0.334 e. The van der Waals surface area contributed by atoms with Crippen molar-refractivity contribution in [1.82, 2.24) is 9.78 Å². The van der Waals surface area contributed by atoms with Gasteiger partial charge in [-0.2, -0.15) is 5.10 Å². The Hall–Kier alpha value is -2.12. The minimum absolute atomic E-state index is 0.00959. The molecule has 0 radical (unpaired) electrons. The Morgan fingerprint density at radius 3 is 2.70 bits per heavy atom. The minimum Gasteiger partial charge on any atom is -0.481 e. The Balaban J connectivity index is 2.42. The summed E-state index contributed by atoms with van der Waals surface area (Å²) in [6.07, 6.45) is 0.931. The van der Waals surface area contributed by atoms with Gasteiger partial charge in [0.15, 0.2) is 0 Å². The van der Waals surface area contributed by atoms with Crippen molar-refractivity contribution in [3.63, 3.8) is 0 Å². The largest absolute Gasteiger partial charge is 0.481 e. The first kappa shape index (κ1) is 14.3. The smallest absolute Gasteiger partial charge is 0.334 e. The van der Waals surface area contributed by atoms with E-state index in [1.165, 1.54) is 4.68 Å². The van der Waals surface area contributed by atoms with Crippen molar-refractivity contribution in [3.05, 3.63) is 15.8 Å². The van der Waals surface area contributed by atoms with E-state index < -0.39 is 16.3 Å². The number of nitro groups is 1. The van der Waals surface area contributed by atoms with E-state index in [1.807, 2.05) is 6.92 Å². The number of rotatable bonds is 4. The molecule has 0 aromatic carbocycles. The molecule has 8 nitrogen and oxygen atoms in total. The minimum atomic E-state index is -0.875. The van der Waals surface area contributed by atoms with Gasteiger partial charge in [0.2, 0.25) is 5.82 Å². The Morgan fingerprint density at radius 1 is 1.60 bits per heavy atom. The summed E-state index contributed by atoms with van der Waals surface area (Å²) in [6, 6.07) is 0. The van der Waals surface area contributed by atoms with E-state index in [9.17, 15) is 20.0 Å². The van der Waals surface area contributed by atoms with Gasteiger partial charge in [-0.25, -0.2) is 4.68 Å². The average molecular weight is 282 g/mol. The van der Waals surface area contributed by atoms with E-state index in [0.29, 0.717) is 30.9 Å². The summed E-state index contributed by atoms with van der Waals surface area (Å²) in [7, 11) is 1.65. The standard InChI is InChI=1S/C12H18N4O4/c1-4-8-9(16(19)20)10(14(3)13-8)15-6-5-12(2,7-15)11(17)18/h4-7H2,1-3H3,(H,17,18). The lowest BCUT2D eigenvalue weighted by Crippen LogP contribution is -2.32. The molecule has 1 unspecified atom stereocenters. The highest BCUT2D eigenvalue weighted by atomic mass is 16.6. The molecule has 1 aromatic heterocycles. The highest BCUT2D eigenvalue weighted by Gasteiger charge is 2.43. The lowest BCUT2D eigenvalue weighted by atomic mass is 9.90. The van der Waals surface area contributed by atoms with Crippen LogP contribution in [0.25, 0.3) is 0 Å². The zero-order valence-corrected chi connectivity index (χ0v) is 11.8. The average Bonchev–Trinajstić information content (AvgIpc) is 2.90. The molecule has 0 amide bonds. The van der Waals surface area contributed by atoms with Crippen LogP contribution in [0.3, 0.4) is 0 Å². The number of carbonyl (C=O) groups is 1. The molecular weight excluding hydrogens is 264 g/mol. The second-order valence-electron chi connectivity index (χ2n) is 5.39. The topological polar surface area (TPSA) is 102 Å². The van der Waals surface area contributed by atoms with Gasteiger partial charge in [0.05, 0.1) is 10.3 Å². The maximum absolute atomic E-state index is 11.3. The zero-order chi connectivity index (χ0) is 15.1. The molecule has 1 N–H and O–H groups in total. The summed E-state index contributed by atoms with van der Waals surface area (Å²) < 4.78 is 1.48. The number of anilines is 1. The van der Waals surface area contributed by atoms with Crippen molar-refractivity contribution in [3.8, 4) is 0 Å². The van der Waals surface area contributed by atoms with E-state index in [0.717, 1.165) is 0 Å². The molecule has 0 bridgehead atoms. The quantitative estimate of drug-likeness (QED) is 0.657. The molecule has 2 heterocycles. The van der Waals surface area contributed by atoms with Crippen LogP contribution < -0.4 is 4.90 Å². The predicted molar refractivity (Wildman–Crippen MR) is 71.8 cm³/mol. The van der Waals surface area contributed by atoms with Crippen molar-refractivity contribution in [2.45, 2.75) is 26.7 Å². The second-order valence-corrected chi connectivity index (χ2v) is 5.39. The Labute approximate surface area is 116 Å². The van der Waals surface area contributed by atoms with E-state index in [2.05, 4.69) is 5.10 Å². The fraction of sp³-hybridized carbons (Fsp3) is 0.667. The molecule has 1 aromatic rings. The monoisotopic (exact) mass is 282 g/mol. The normalized spacial score (nSPS) is 22.2. The lowest BCUT2D eigenvalue weighted by Gasteiger charge is -2.20. The van der Waals surface area contributed by atoms with Gasteiger partial charge in [0.1, 0.15) is 5.69 Å². The number of hydrogen-bond donors (Lipinski definition) is 1. The van der Waals surface area contributed by atoms with Crippen LogP contribution in [-0.2, 0) is 18.3 Å². The molecule has 1 atom stereocenters. The summed E-state index contributed by atoms with van der Waals surface area (Å²) in [6.45, 7) is 4.21. The van der Waals surface area contributed by atoms with Crippen LogP contribution in [0.2, 0.25) is 0 Å². The molecule has 1 fully saturated rings. The van der Waals surface area contributed by atoms with Crippen LogP contribution in [0.5, 0.6) is 0 Å². The molecule has 1 aliphatic rings. The third kappa shape index (κ3) is 2.10. The number of hydrogen-bond acceptors (Lipinski definition) is 5. The van der Waals surface area contributed by atoms with Crippen molar-refractivity contribution in [2.24, 2.45) is 12.5 Å². The predicted octanol–water partition coefficient (Wildman–Crippen LogP) is 1.19. The Morgan fingerprint density at radius 2 is 2.25 bits per heavy atom. The number of aryl methyl sites for hydroxylation is 2. The van der Waals surface area contributed by atoms with Gasteiger partial charge in [-0.1, -0.05) is 6.92 Å². The van der Waals surface area contributed by atoms with Gasteiger partial charge in [-0.15, -0.1) is 0 Å². The summed E-state index contributed by atoms with van der Waals surface area (Å²) in [5.41, 5.74) is -0.453. The van der Waals surface area contributed by atoms with Gasteiger partial charge >= 0.3 is 11.7 Å². The third-order valence-corrected chi connectivity index (χ3v) is 3.87. The Kier molecular flexibility index (Phi) is 3.41. The first-order valence-corrected chi connectivity index (χ1v) is 6.48. The summed E-state index contributed by atoms with van der Waals surface area (Å²) >= 11 is 0. The van der Waals surface area contributed by atoms with Crippen LogP contribution in [0.1, 0.15) is 26.0 Å². The number of nitrogens with zero attached hydrogens (tertiary/aromatic N) is 4. The van der Waals surface area contributed by atoms with E-state index in [-0.39, 0.29) is 12.2 Å². The van der Waals surface area contributed by atoms with Crippen LogP contribution in [0.4, 0.5) is 11.5 Å².